The van der Waals surface area contributed by atoms with Gasteiger partial charge in [0.2, 0.25) is 5.91 Å². The second-order valence-electron chi connectivity index (χ2n) is 5.58. The van der Waals surface area contributed by atoms with Gasteiger partial charge in [0.05, 0.1) is 12.0 Å². The van der Waals surface area contributed by atoms with Gasteiger partial charge in [-0.05, 0) is 52.6 Å². The molecule has 0 aromatic rings. The third-order valence-electron chi connectivity index (χ3n) is 3.62. The smallest absolute Gasteiger partial charge is 0.223 e. The second kappa shape index (κ2) is 6.36. The SMILES string of the molecule is COC(C)(C)CC(=O)NC(C)C1CCNCC1. The van der Waals surface area contributed by atoms with Gasteiger partial charge in [0.25, 0.3) is 0 Å². The second-order valence-corrected chi connectivity index (χ2v) is 5.58. The highest BCUT2D eigenvalue weighted by molar-refractivity contribution is 5.77. The van der Waals surface area contributed by atoms with Crippen molar-refractivity contribution in [3.05, 3.63) is 0 Å². The van der Waals surface area contributed by atoms with E-state index in [1.165, 1.54) is 0 Å². The first kappa shape index (κ1) is 14.5. The van der Waals surface area contributed by atoms with Crippen LogP contribution in [0, 0.1) is 5.92 Å². The third-order valence-corrected chi connectivity index (χ3v) is 3.62. The maximum absolute atomic E-state index is 11.9. The van der Waals surface area contributed by atoms with Crippen LogP contribution in [0.25, 0.3) is 0 Å². The summed E-state index contributed by atoms with van der Waals surface area (Å²) in [6.45, 7) is 8.10. The third kappa shape index (κ3) is 5.04. The molecule has 1 heterocycles. The largest absolute Gasteiger partial charge is 0.378 e. The molecule has 17 heavy (non-hydrogen) atoms. The van der Waals surface area contributed by atoms with E-state index in [1.807, 2.05) is 13.8 Å². The summed E-state index contributed by atoms with van der Waals surface area (Å²) in [5.74, 6) is 0.689. The van der Waals surface area contributed by atoms with Gasteiger partial charge < -0.3 is 15.4 Å². The Bertz CT molecular complexity index is 248. The Labute approximate surface area is 104 Å². The summed E-state index contributed by atoms with van der Waals surface area (Å²) in [5, 5.41) is 6.43. The Hall–Kier alpha value is -0.610. The molecule has 0 saturated carbocycles. The quantitative estimate of drug-likeness (QED) is 0.764. The zero-order valence-electron chi connectivity index (χ0n) is 11.5. The molecule has 1 amide bonds. The Balaban J connectivity index is 2.34. The maximum atomic E-state index is 11.9. The fourth-order valence-corrected chi connectivity index (χ4v) is 2.23. The van der Waals surface area contributed by atoms with Crippen molar-refractivity contribution in [1.29, 1.82) is 0 Å². The van der Waals surface area contributed by atoms with Gasteiger partial charge in [0.1, 0.15) is 0 Å². The lowest BCUT2D eigenvalue weighted by molar-refractivity contribution is -0.127. The first-order valence-electron chi connectivity index (χ1n) is 6.50. The lowest BCUT2D eigenvalue weighted by Gasteiger charge is -2.30. The molecule has 1 unspecified atom stereocenters. The number of methoxy groups -OCH3 is 1. The summed E-state index contributed by atoms with van der Waals surface area (Å²) >= 11 is 0. The molecule has 1 saturated heterocycles. The van der Waals surface area contributed by atoms with E-state index in [2.05, 4.69) is 17.6 Å². The Morgan fingerprint density at radius 2 is 2.06 bits per heavy atom. The van der Waals surface area contributed by atoms with Crippen molar-refractivity contribution >= 4 is 5.91 Å². The van der Waals surface area contributed by atoms with Crippen molar-refractivity contribution in [3.63, 3.8) is 0 Å². The Morgan fingerprint density at radius 1 is 1.47 bits per heavy atom. The molecule has 0 spiro atoms. The lowest BCUT2D eigenvalue weighted by atomic mass is 9.91. The van der Waals surface area contributed by atoms with Crippen molar-refractivity contribution in [2.75, 3.05) is 20.2 Å². The predicted octanol–water partition coefficient (Wildman–Crippen LogP) is 1.31. The van der Waals surface area contributed by atoms with Gasteiger partial charge in [-0.2, -0.15) is 0 Å². The number of rotatable bonds is 5. The van der Waals surface area contributed by atoms with Gasteiger partial charge in [-0.25, -0.2) is 0 Å². The average Bonchev–Trinajstić information content (AvgIpc) is 2.29. The predicted molar refractivity (Wildman–Crippen MR) is 68.9 cm³/mol. The highest BCUT2D eigenvalue weighted by atomic mass is 16.5. The topological polar surface area (TPSA) is 50.4 Å². The molecular weight excluding hydrogens is 216 g/mol. The van der Waals surface area contributed by atoms with Crippen LogP contribution in [0.4, 0.5) is 0 Å². The van der Waals surface area contributed by atoms with Crippen molar-refractivity contribution in [2.45, 2.75) is 51.7 Å². The molecule has 0 aromatic heterocycles. The van der Waals surface area contributed by atoms with Gasteiger partial charge in [0.15, 0.2) is 0 Å². The summed E-state index contributed by atoms with van der Waals surface area (Å²) in [4.78, 5) is 11.9. The van der Waals surface area contributed by atoms with E-state index in [0.29, 0.717) is 12.3 Å². The number of amides is 1. The van der Waals surface area contributed by atoms with Gasteiger partial charge in [0, 0.05) is 13.2 Å². The van der Waals surface area contributed by atoms with E-state index in [9.17, 15) is 4.79 Å². The Morgan fingerprint density at radius 3 is 2.59 bits per heavy atom. The van der Waals surface area contributed by atoms with E-state index < -0.39 is 0 Å². The van der Waals surface area contributed by atoms with Crippen LogP contribution in [-0.2, 0) is 9.53 Å². The van der Waals surface area contributed by atoms with Crippen LogP contribution in [0.1, 0.15) is 40.0 Å². The highest BCUT2D eigenvalue weighted by Gasteiger charge is 2.25. The summed E-state index contributed by atoms with van der Waals surface area (Å²) in [7, 11) is 1.64. The van der Waals surface area contributed by atoms with Crippen molar-refractivity contribution < 1.29 is 9.53 Å². The molecule has 0 bridgehead atoms. The zero-order valence-corrected chi connectivity index (χ0v) is 11.5. The standard InChI is InChI=1S/C13H26N2O2/c1-10(11-5-7-14-8-6-11)15-12(16)9-13(2,3)17-4/h10-11,14H,5-9H2,1-4H3,(H,15,16). The molecule has 2 N–H and O–H groups in total. The van der Waals surface area contributed by atoms with Crippen molar-refractivity contribution in [2.24, 2.45) is 5.92 Å². The van der Waals surface area contributed by atoms with Gasteiger partial charge in [-0.1, -0.05) is 0 Å². The van der Waals surface area contributed by atoms with Gasteiger partial charge in [-0.15, -0.1) is 0 Å². The van der Waals surface area contributed by atoms with E-state index in [-0.39, 0.29) is 17.6 Å². The summed E-state index contributed by atoms with van der Waals surface area (Å²) < 4.78 is 5.26. The fraction of sp³-hybridized carbons (Fsp3) is 0.923. The molecule has 0 aliphatic carbocycles. The first-order valence-corrected chi connectivity index (χ1v) is 6.50. The van der Waals surface area contributed by atoms with Gasteiger partial charge >= 0.3 is 0 Å². The van der Waals surface area contributed by atoms with Crippen LogP contribution in [0.3, 0.4) is 0 Å². The van der Waals surface area contributed by atoms with E-state index in [4.69, 9.17) is 4.74 Å². The van der Waals surface area contributed by atoms with E-state index in [1.54, 1.807) is 7.11 Å². The molecular formula is C13H26N2O2. The molecule has 100 valence electrons. The number of ether oxygens (including phenoxy) is 1. The minimum absolute atomic E-state index is 0.0860. The molecule has 1 rings (SSSR count). The number of hydrogen-bond acceptors (Lipinski definition) is 3. The molecule has 4 heteroatoms. The minimum Gasteiger partial charge on any atom is -0.378 e. The highest BCUT2D eigenvalue weighted by Crippen LogP contribution is 2.17. The first-order chi connectivity index (χ1) is 7.94. The number of carbonyl (C=O) groups is 1. The van der Waals surface area contributed by atoms with Crippen LogP contribution in [-0.4, -0.2) is 37.7 Å². The lowest BCUT2D eigenvalue weighted by Crippen LogP contribution is -2.44. The normalized spacial score (nSPS) is 20.0. The maximum Gasteiger partial charge on any atom is 0.223 e. The molecule has 1 atom stereocenters. The van der Waals surface area contributed by atoms with Crippen LogP contribution < -0.4 is 10.6 Å². The number of hydrogen-bond donors (Lipinski definition) is 2. The Kier molecular flexibility index (Phi) is 5.40. The van der Waals surface area contributed by atoms with Crippen LogP contribution >= 0.6 is 0 Å². The average molecular weight is 242 g/mol. The molecule has 1 fully saturated rings. The number of nitrogens with one attached hydrogen (secondary N) is 2. The van der Waals surface area contributed by atoms with E-state index >= 15 is 0 Å². The molecule has 1 aliphatic rings. The van der Waals surface area contributed by atoms with Crippen molar-refractivity contribution in [1.82, 2.24) is 10.6 Å². The molecule has 1 aliphatic heterocycles. The van der Waals surface area contributed by atoms with E-state index in [0.717, 1.165) is 25.9 Å². The summed E-state index contributed by atoms with van der Waals surface area (Å²) in [5.41, 5.74) is -0.377. The molecule has 0 radical (unpaired) electrons. The monoisotopic (exact) mass is 242 g/mol. The summed E-state index contributed by atoms with van der Waals surface area (Å²) in [6.07, 6.45) is 2.71. The molecule has 4 nitrogen and oxygen atoms in total. The van der Waals surface area contributed by atoms with Crippen LogP contribution in [0.5, 0.6) is 0 Å². The fourth-order valence-electron chi connectivity index (χ4n) is 2.23. The zero-order chi connectivity index (χ0) is 12.9. The number of carbonyl (C=O) groups excluding carboxylic acids is 1. The van der Waals surface area contributed by atoms with Crippen LogP contribution in [0.2, 0.25) is 0 Å². The summed E-state index contributed by atoms with van der Waals surface area (Å²) in [6, 6.07) is 0.261. The number of piperidine rings is 1. The van der Waals surface area contributed by atoms with Crippen molar-refractivity contribution in [3.8, 4) is 0 Å². The molecule has 0 aromatic carbocycles. The minimum atomic E-state index is -0.377. The van der Waals surface area contributed by atoms with Crippen LogP contribution in [0.15, 0.2) is 0 Å². The van der Waals surface area contributed by atoms with Gasteiger partial charge in [-0.3, -0.25) is 4.79 Å².